The summed E-state index contributed by atoms with van der Waals surface area (Å²) in [7, 11) is 0. The van der Waals surface area contributed by atoms with Gasteiger partial charge in [0.2, 0.25) is 0 Å². The molecule has 62 heavy (non-hydrogen) atoms. The van der Waals surface area contributed by atoms with Gasteiger partial charge >= 0.3 is 29.8 Å². The number of hydrogen-bond donors (Lipinski definition) is 0. The highest BCUT2D eigenvalue weighted by atomic mass is 16.6. The van der Waals surface area contributed by atoms with E-state index >= 15 is 0 Å². The zero-order valence-corrected chi connectivity index (χ0v) is 34.7. The van der Waals surface area contributed by atoms with Crippen LogP contribution in [-0.2, 0) is 28.7 Å². The summed E-state index contributed by atoms with van der Waals surface area (Å²) in [5.41, 5.74) is 5.96. The van der Waals surface area contributed by atoms with Crippen LogP contribution in [0, 0.1) is 5.92 Å². The minimum absolute atomic E-state index is 0.0626. The molecule has 0 spiro atoms. The highest BCUT2D eigenvalue weighted by Gasteiger charge is 2.17. The standard InChI is InChI=1S/C51H46O11/c1-33(2)48(53)58-31-37(32-59-49(54)34(3)4)29-30-57-43-20-16-41(17-21-43)40-14-12-39(13-15-40)38-10-7-36(8-11-38)9-28-47(52)60-44-24-26-46(27-25-44)62-51(56)42-18-22-45(23-19-42)61-50(55)35(5)6/h7-28,37H,1,3,5,29-32H2,2,4,6H3/b28-9+. The van der Waals surface area contributed by atoms with Crippen molar-refractivity contribution < 1.29 is 52.4 Å². The van der Waals surface area contributed by atoms with Crippen molar-refractivity contribution in [2.75, 3.05) is 19.8 Å². The number of carbonyl (C=O) groups is 5. The Morgan fingerprint density at radius 2 is 0.903 bits per heavy atom. The molecule has 5 aromatic carbocycles. The van der Waals surface area contributed by atoms with Crippen LogP contribution >= 0.6 is 0 Å². The molecular formula is C51H46O11. The van der Waals surface area contributed by atoms with Crippen LogP contribution in [0.25, 0.3) is 28.3 Å². The Kier molecular flexibility index (Phi) is 16.1. The monoisotopic (exact) mass is 834 g/mol. The molecule has 0 saturated carbocycles. The van der Waals surface area contributed by atoms with E-state index in [1.54, 1.807) is 19.9 Å². The summed E-state index contributed by atoms with van der Waals surface area (Å²) < 4.78 is 32.5. The molecule has 0 N–H and O–H groups in total. The summed E-state index contributed by atoms with van der Waals surface area (Å²) in [6.07, 6.45) is 3.47. The predicted molar refractivity (Wildman–Crippen MR) is 235 cm³/mol. The molecule has 0 unspecified atom stereocenters. The fourth-order valence-corrected chi connectivity index (χ4v) is 5.49. The Hall–Kier alpha value is -7.79. The van der Waals surface area contributed by atoms with E-state index in [1.165, 1.54) is 61.5 Å². The summed E-state index contributed by atoms with van der Waals surface area (Å²) >= 11 is 0. The first-order valence-electron chi connectivity index (χ1n) is 19.5. The maximum Gasteiger partial charge on any atom is 0.343 e. The van der Waals surface area contributed by atoms with Gasteiger partial charge in [-0.05, 0) is 122 Å². The first kappa shape index (κ1) is 45.3. The highest BCUT2D eigenvalue weighted by Crippen LogP contribution is 2.27. The van der Waals surface area contributed by atoms with E-state index in [9.17, 15) is 24.0 Å². The van der Waals surface area contributed by atoms with E-state index < -0.39 is 29.8 Å². The fourth-order valence-electron chi connectivity index (χ4n) is 5.49. The Morgan fingerprint density at radius 3 is 1.39 bits per heavy atom. The van der Waals surface area contributed by atoms with Crippen molar-refractivity contribution in [2.45, 2.75) is 27.2 Å². The van der Waals surface area contributed by atoms with Crippen LogP contribution in [0.4, 0.5) is 0 Å². The Bertz CT molecular complexity index is 2410. The normalized spacial score (nSPS) is 10.7. The average molecular weight is 835 g/mol. The van der Waals surface area contributed by atoms with Crippen LogP contribution in [-0.4, -0.2) is 49.7 Å². The van der Waals surface area contributed by atoms with Gasteiger partial charge < -0.3 is 28.4 Å². The first-order valence-corrected chi connectivity index (χ1v) is 19.5. The minimum atomic E-state index is -0.613. The predicted octanol–water partition coefficient (Wildman–Crippen LogP) is 9.96. The van der Waals surface area contributed by atoms with E-state index in [0.29, 0.717) is 18.8 Å². The van der Waals surface area contributed by atoms with Crippen molar-refractivity contribution in [1.82, 2.24) is 0 Å². The summed E-state index contributed by atoms with van der Waals surface area (Å²) in [6, 6.07) is 35.6. The summed E-state index contributed by atoms with van der Waals surface area (Å²) in [6.45, 7) is 15.8. The van der Waals surface area contributed by atoms with Gasteiger partial charge in [-0.25, -0.2) is 24.0 Å². The van der Waals surface area contributed by atoms with Crippen molar-refractivity contribution in [3.05, 3.63) is 175 Å². The maximum atomic E-state index is 12.6. The van der Waals surface area contributed by atoms with Crippen molar-refractivity contribution >= 4 is 35.9 Å². The zero-order valence-electron chi connectivity index (χ0n) is 34.7. The quantitative estimate of drug-likeness (QED) is 0.0446. The van der Waals surface area contributed by atoms with Gasteiger partial charge in [0, 0.05) is 28.7 Å². The van der Waals surface area contributed by atoms with Crippen molar-refractivity contribution in [1.29, 1.82) is 0 Å². The van der Waals surface area contributed by atoms with Crippen LogP contribution < -0.4 is 18.9 Å². The lowest BCUT2D eigenvalue weighted by Crippen LogP contribution is -2.23. The topological polar surface area (TPSA) is 141 Å². The number of hydrogen-bond acceptors (Lipinski definition) is 11. The van der Waals surface area contributed by atoms with Gasteiger partial charge in [0.1, 0.15) is 23.0 Å². The van der Waals surface area contributed by atoms with Crippen LogP contribution in [0.15, 0.2) is 164 Å². The Morgan fingerprint density at radius 1 is 0.500 bits per heavy atom. The molecular weight excluding hydrogens is 789 g/mol. The van der Waals surface area contributed by atoms with Crippen LogP contribution in [0.2, 0.25) is 0 Å². The van der Waals surface area contributed by atoms with Gasteiger partial charge in [0.25, 0.3) is 0 Å². The SMILES string of the molecule is C=C(C)C(=O)OCC(CCOc1ccc(-c2ccc(-c3ccc(/C=C/C(=O)Oc4ccc(OC(=O)c5ccc(OC(=O)C(=C)C)cc5)cc4)cc3)cc2)cc1)COC(=O)C(=C)C. The third kappa shape index (κ3) is 13.9. The third-order valence-electron chi connectivity index (χ3n) is 9.02. The lowest BCUT2D eigenvalue weighted by Gasteiger charge is -2.18. The van der Waals surface area contributed by atoms with E-state index in [0.717, 1.165) is 27.8 Å². The van der Waals surface area contributed by atoms with Crippen molar-refractivity contribution in [2.24, 2.45) is 5.92 Å². The minimum Gasteiger partial charge on any atom is -0.494 e. The molecule has 0 atom stereocenters. The molecule has 0 bridgehead atoms. The van der Waals surface area contributed by atoms with Crippen LogP contribution in [0.3, 0.4) is 0 Å². The van der Waals surface area contributed by atoms with Gasteiger partial charge in [-0.3, -0.25) is 0 Å². The molecule has 5 rings (SSSR count). The number of rotatable bonds is 19. The molecule has 316 valence electrons. The average Bonchev–Trinajstić information content (AvgIpc) is 3.27. The third-order valence-corrected chi connectivity index (χ3v) is 9.02. The molecule has 0 aliphatic carbocycles. The van der Waals surface area contributed by atoms with E-state index in [1.807, 2.05) is 72.8 Å². The lowest BCUT2D eigenvalue weighted by atomic mass is 9.99. The fraction of sp³-hybridized carbons (Fsp3) is 0.157. The smallest absolute Gasteiger partial charge is 0.343 e. The first-order chi connectivity index (χ1) is 29.7. The second-order valence-electron chi connectivity index (χ2n) is 14.3. The Balaban J connectivity index is 1.07. The van der Waals surface area contributed by atoms with Gasteiger partial charge in [0.05, 0.1) is 25.4 Å². The van der Waals surface area contributed by atoms with Gasteiger partial charge in [-0.15, -0.1) is 0 Å². The molecule has 0 aliphatic rings. The molecule has 0 heterocycles. The molecule has 0 aliphatic heterocycles. The van der Waals surface area contributed by atoms with Crippen LogP contribution in [0.5, 0.6) is 23.0 Å². The summed E-state index contributed by atoms with van der Waals surface area (Å²) in [5.74, 6) is -1.56. The maximum absolute atomic E-state index is 12.6. The van der Waals surface area contributed by atoms with Crippen molar-refractivity contribution in [3.8, 4) is 45.3 Å². The van der Waals surface area contributed by atoms with Gasteiger partial charge in [-0.1, -0.05) is 80.4 Å². The molecule has 0 radical (unpaired) electrons. The molecule has 11 nitrogen and oxygen atoms in total. The second-order valence-corrected chi connectivity index (χ2v) is 14.3. The molecule has 0 aromatic heterocycles. The number of ether oxygens (including phenoxy) is 6. The van der Waals surface area contributed by atoms with Crippen molar-refractivity contribution in [3.63, 3.8) is 0 Å². The number of esters is 5. The highest BCUT2D eigenvalue weighted by molar-refractivity contribution is 5.92. The summed E-state index contributed by atoms with van der Waals surface area (Å²) in [5, 5.41) is 0. The van der Waals surface area contributed by atoms with E-state index in [-0.39, 0.29) is 58.7 Å². The second kappa shape index (κ2) is 22.0. The Labute approximate surface area is 360 Å². The van der Waals surface area contributed by atoms with E-state index in [2.05, 4.69) is 19.7 Å². The van der Waals surface area contributed by atoms with Crippen LogP contribution in [0.1, 0.15) is 43.1 Å². The summed E-state index contributed by atoms with van der Waals surface area (Å²) in [4.78, 5) is 60.6. The zero-order chi connectivity index (χ0) is 44.6. The molecule has 0 fully saturated rings. The molecule has 5 aromatic rings. The molecule has 0 amide bonds. The number of carbonyl (C=O) groups excluding carboxylic acids is 5. The molecule has 11 heteroatoms. The largest absolute Gasteiger partial charge is 0.494 e. The number of benzene rings is 5. The van der Waals surface area contributed by atoms with Gasteiger partial charge in [0.15, 0.2) is 0 Å². The van der Waals surface area contributed by atoms with E-state index in [4.69, 9.17) is 28.4 Å². The van der Waals surface area contributed by atoms with Gasteiger partial charge in [-0.2, -0.15) is 0 Å². The lowest BCUT2D eigenvalue weighted by molar-refractivity contribution is -0.144. The molecule has 0 saturated heterocycles.